The van der Waals surface area contributed by atoms with Crippen LogP contribution in [0, 0.1) is 17.8 Å². The van der Waals surface area contributed by atoms with Crippen LogP contribution in [-0.4, -0.2) is 49.7 Å². The third kappa shape index (κ3) is 5.38. The summed E-state index contributed by atoms with van der Waals surface area (Å²) in [7, 11) is 0. The Labute approximate surface area is 295 Å². The van der Waals surface area contributed by atoms with Crippen molar-refractivity contribution in [2.75, 3.05) is 5.32 Å². The van der Waals surface area contributed by atoms with E-state index in [9.17, 15) is 29.7 Å². The predicted octanol–water partition coefficient (Wildman–Crippen LogP) is 6.18. The Kier molecular flexibility index (Phi) is 8.17. The van der Waals surface area contributed by atoms with Crippen LogP contribution in [0.3, 0.4) is 0 Å². The van der Waals surface area contributed by atoms with Crippen molar-refractivity contribution in [1.82, 2.24) is 4.90 Å². The van der Waals surface area contributed by atoms with E-state index < -0.39 is 59.0 Å². The van der Waals surface area contributed by atoms with E-state index in [2.05, 4.69) is 17.2 Å². The summed E-state index contributed by atoms with van der Waals surface area (Å²) in [6.45, 7) is 0. The standard InChI is InChI=1S/C42H38N2O7/c45-30-18-16-29(17-19-30)37-42(31-25-26(15-20-32(31)43-40(42)49)21-24-41(50)22-9-1-2-10-23-41)33(38(46)47)35-39(48)51-36(28-13-7-4-8-14-28)34(44(35)37)27-11-5-3-6-12-27/h3-8,11-20,25,33-37,45,50H,1-2,9-10,22-23H2,(H,43,49)(H,46,47)/t33-,34-,35-,36+,37+,42-/m1/s1. The Morgan fingerprint density at radius 2 is 1.45 bits per heavy atom. The van der Waals surface area contributed by atoms with Crippen molar-refractivity contribution in [3.05, 3.63) is 131 Å². The van der Waals surface area contributed by atoms with Crippen LogP contribution in [0.15, 0.2) is 103 Å². The van der Waals surface area contributed by atoms with Gasteiger partial charge in [-0.3, -0.25) is 19.3 Å². The maximum Gasteiger partial charge on any atom is 0.325 e. The number of hydrogen-bond donors (Lipinski definition) is 4. The van der Waals surface area contributed by atoms with Crippen molar-refractivity contribution >= 4 is 23.5 Å². The summed E-state index contributed by atoms with van der Waals surface area (Å²) in [5, 5.41) is 35.8. The number of rotatable bonds is 4. The highest BCUT2D eigenvalue weighted by Crippen LogP contribution is 2.64. The monoisotopic (exact) mass is 682 g/mol. The van der Waals surface area contributed by atoms with Gasteiger partial charge in [0.25, 0.3) is 0 Å². The van der Waals surface area contributed by atoms with E-state index in [0.29, 0.717) is 35.2 Å². The van der Waals surface area contributed by atoms with Gasteiger partial charge in [-0.15, -0.1) is 0 Å². The topological polar surface area (TPSA) is 136 Å². The van der Waals surface area contributed by atoms with Gasteiger partial charge in [-0.05, 0) is 78.3 Å². The van der Waals surface area contributed by atoms with Gasteiger partial charge in [0.2, 0.25) is 5.91 Å². The first-order valence-corrected chi connectivity index (χ1v) is 17.5. The fraction of sp³-hybridized carbons (Fsp3) is 0.310. The number of benzene rings is 4. The molecule has 4 N–H and O–H groups in total. The fourth-order valence-electron chi connectivity index (χ4n) is 8.93. The van der Waals surface area contributed by atoms with E-state index in [1.807, 2.05) is 65.6 Å². The molecule has 51 heavy (non-hydrogen) atoms. The first kappa shape index (κ1) is 32.8. The summed E-state index contributed by atoms with van der Waals surface area (Å²) < 4.78 is 6.25. The first-order chi connectivity index (χ1) is 24.7. The second-order valence-corrected chi connectivity index (χ2v) is 14.1. The van der Waals surface area contributed by atoms with Gasteiger partial charge in [0, 0.05) is 11.3 Å². The molecular weight excluding hydrogens is 644 g/mol. The Balaban J connectivity index is 1.37. The summed E-state index contributed by atoms with van der Waals surface area (Å²) in [6.07, 6.45) is 4.16. The molecule has 258 valence electrons. The lowest BCUT2D eigenvalue weighted by Crippen LogP contribution is -2.52. The summed E-state index contributed by atoms with van der Waals surface area (Å²) >= 11 is 0. The van der Waals surface area contributed by atoms with Crippen molar-refractivity contribution in [2.24, 2.45) is 5.92 Å². The molecule has 8 rings (SSSR count). The van der Waals surface area contributed by atoms with E-state index in [4.69, 9.17) is 4.74 Å². The quantitative estimate of drug-likeness (QED) is 0.114. The largest absolute Gasteiger partial charge is 0.508 e. The maximum atomic E-state index is 14.8. The number of morpholine rings is 1. The van der Waals surface area contributed by atoms with Crippen molar-refractivity contribution < 1.29 is 34.4 Å². The number of carboxylic acids is 1. The molecule has 1 aliphatic carbocycles. The molecule has 4 aliphatic rings. The van der Waals surface area contributed by atoms with Crippen molar-refractivity contribution in [1.29, 1.82) is 0 Å². The Morgan fingerprint density at radius 1 is 0.804 bits per heavy atom. The van der Waals surface area contributed by atoms with Crippen LogP contribution in [0.4, 0.5) is 5.69 Å². The number of nitrogens with zero attached hydrogens (tertiary/aromatic N) is 1. The lowest BCUT2D eigenvalue weighted by molar-refractivity contribution is -0.179. The van der Waals surface area contributed by atoms with Crippen molar-refractivity contribution in [2.45, 2.75) is 73.8 Å². The minimum Gasteiger partial charge on any atom is -0.508 e. The molecule has 6 atom stereocenters. The number of phenolic OH excluding ortho intramolecular Hbond substituents is 1. The van der Waals surface area contributed by atoms with Crippen molar-refractivity contribution in [3.63, 3.8) is 0 Å². The maximum absolute atomic E-state index is 14.8. The summed E-state index contributed by atoms with van der Waals surface area (Å²) in [4.78, 5) is 44.8. The smallest absolute Gasteiger partial charge is 0.325 e. The van der Waals surface area contributed by atoms with Gasteiger partial charge in [0.1, 0.15) is 34.8 Å². The molecule has 9 heteroatoms. The molecule has 0 unspecified atom stereocenters. The number of hydrogen-bond acceptors (Lipinski definition) is 7. The molecule has 2 saturated heterocycles. The zero-order valence-electron chi connectivity index (χ0n) is 27.9. The average molecular weight is 683 g/mol. The van der Waals surface area contributed by atoms with Crippen LogP contribution >= 0.6 is 0 Å². The van der Waals surface area contributed by atoms with Gasteiger partial charge in [0.05, 0.1) is 12.1 Å². The Morgan fingerprint density at radius 3 is 2.10 bits per heavy atom. The molecule has 3 heterocycles. The van der Waals surface area contributed by atoms with Crippen LogP contribution < -0.4 is 5.32 Å². The molecule has 0 aromatic heterocycles. The van der Waals surface area contributed by atoms with Crippen LogP contribution in [0.1, 0.15) is 84.5 Å². The summed E-state index contributed by atoms with van der Waals surface area (Å²) in [5.74, 6) is 2.07. The Bertz CT molecular complexity index is 2050. The number of phenols is 1. The number of aromatic hydroxyl groups is 1. The number of esters is 1. The average Bonchev–Trinajstić information content (AvgIpc) is 3.51. The van der Waals surface area contributed by atoms with Crippen molar-refractivity contribution in [3.8, 4) is 17.6 Å². The second-order valence-electron chi connectivity index (χ2n) is 14.1. The number of aliphatic hydroxyl groups is 1. The van der Waals surface area contributed by atoms with Gasteiger partial charge < -0.3 is 25.4 Å². The lowest BCUT2D eigenvalue weighted by Gasteiger charge is -2.46. The van der Waals surface area contributed by atoms with E-state index in [-0.39, 0.29) is 5.75 Å². The summed E-state index contributed by atoms with van der Waals surface area (Å²) in [6, 6.07) is 27.3. The third-order valence-corrected chi connectivity index (χ3v) is 11.2. The SMILES string of the molecule is O=C1O[C@@H](c2ccccc2)[C@@H](c2ccccc2)N2[C@@H](c3ccc(O)cc3)[C@]3(C(=O)Nc4ccc(C#CC5(O)CCCCCC5)cc43)[C@@H](C(=O)O)[C@H]12. The predicted molar refractivity (Wildman–Crippen MR) is 188 cm³/mol. The number of carbonyl (C=O) groups excluding carboxylic acids is 2. The molecule has 0 bridgehead atoms. The van der Waals surface area contributed by atoms with Gasteiger partial charge in [0.15, 0.2) is 0 Å². The fourth-order valence-corrected chi connectivity index (χ4v) is 8.93. The van der Waals surface area contributed by atoms with Crippen LogP contribution in [0.25, 0.3) is 0 Å². The number of aliphatic carboxylic acids is 1. The number of ether oxygens (including phenoxy) is 1. The number of fused-ring (bicyclic) bond motifs is 3. The molecule has 9 nitrogen and oxygen atoms in total. The number of nitrogens with one attached hydrogen (secondary N) is 1. The molecule has 3 fully saturated rings. The zero-order valence-corrected chi connectivity index (χ0v) is 27.9. The highest BCUT2D eigenvalue weighted by Gasteiger charge is 2.74. The van der Waals surface area contributed by atoms with E-state index in [1.165, 1.54) is 12.1 Å². The molecule has 3 aliphatic heterocycles. The number of carbonyl (C=O) groups is 3. The number of anilines is 1. The van der Waals surface area contributed by atoms with Crippen LogP contribution in [0.2, 0.25) is 0 Å². The highest BCUT2D eigenvalue weighted by atomic mass is 16.6. The van der Waals surface area contributed by atoms with Gasteiger partial charge in [-0.25, -0.2) is 0 Å². The van der Waals surface area contributed by atoms with E-state index in [0.717, 1.165) is 36.8 Å². The highest BCUT2D eigenvalue weighted by molar-refractivity contribution is 6.11. The number of cyclic esters (lactones) is 1. The third-order valence-electron chi connectivity index (χ3n) is 11.2. The minimum absolute atomic E-state index is 0.00207. The summed E-state index contributed by atoms with van der Waals surface area (Å²) in [5.41, 5.74) is 0.454. The second kappa shape index (κ2) is 12.7. The van der Waals surface area contributed by atoms with E-state index in [1.54, 1.807) is 30.3 Å². The van der Waals surface area contributed by atoms with Crippen LogP contribution in [-0.2, 0) is 24.5 Å². The van der Waals surface area contributed by atoms with Crippen LogP contribution in [0.5, 0.6) is 5.75 Å². The molecule has 0 radical (unpaired) electrons. The number of amides is 1. The minimum atomic E-state index is -1.82. The van der Waals surface area contributed by atoms with Gasteiger partial charge >= 0.3 is 11.9 Å². The molecular formula is C42H38N2O7. The molecule has 1 amide bonds. The molecule has 4 aromatic rings. The molecule has 1 saturated carbocycles. The molecule has 1 spiro atoms. The normalized spacial score (nSPS) is 28.1. The van der Waals surface area contributed by atoms with E-state index >= 15 is 0 Å². The van der Waals surface area contributed by atoms with Gasteiger partial charge in [-0.2, -0.15) is 0 Å². The molecule has 4 aromatic carbocycles. The first-order valence-electron chi connectivity index (χ1n) is 17.5. The Hall–Kier alpha value is -5.43. The lowest BCUT2D eigenvalue weighted by atomic mass is 9.65. The zero-order chi connectivity index (χ0) is 35.3. The van der Waals surface area contributed by atoms with Gasteiger partial charge in [-0.1, -0.05) is 97.5 Å². The number of carboxylic acid groups (broad SMARTS) is 1.